The van der Waals surface area contributed by atoms with Crippen LogP contribution < -0.4 is 9.64 Å². The number of carbonyl (C=O) groups excluding carboxylic acids is 1. The molecule has 1 N–H and O–H groups in total. The highest BCUT2D eigenvalue weighted by atomic mass is 35.5. The lowest BCUT2D eigenvalue weighted by molar-refractivity contribution is 0.0744. The maximum atomic E-state index is 12.9. The molecule has 0 aliphatic carbocycles. The maximum absolute atomic E-state index is 12.9. The van der Waals surface area contributed by atoms with Crippen LogP contribution in [0.4, 0.5) is 5.69 Å². The third-order valence-electron chi connectivity index (χ3n) is 4.43. The van der Waals surface area contributed by atoms with E-state index in [0.717, 1.165) is 11.4 Å². The van der Waals surface area contributed by atoms with Crippen molar-refractivity contribution in [3.05, 3.63) is 51.0 Å². The zero-order chi connectivity index (χ0) is 19.6. The normalized spacial score (nSPS) is 14.4. The molecule has 3 rings (SSSR count). The zero-order valence-corrected chi connectivity index (χ0v) is 17.0. The molecule has 2 aromatic carbocycles. The smallest absolute Gasteiger partial charge is 0.259 e. The number of rotatable bonds is 4. The number of anilines is 1. The molecule has 0 radical (unpaired) electrons. The number of carbonyl (C=O) groups is 1. The number of aromatic hydroxyl groups is 1. The van der Waals surface area contributed by atoms with Crippen LogP contribution in [0, 0.1) is 0 Å². The standard InChI is InChI=1S/C19H19Cl3N2O3/c1-2-27-15-6-4-3-5-14(15)23-7-9-24(10-8-23)19(26)16-17(22)12(20)11-13(21)18(16)25/h3-6,11,25H,2,7-10H2,1H3. The molecule has 27 heavy (non-hydrogen) atoms. The van der Waals surface area contributed by atoms with Crippen LogP contribution in [0.5, 0.6) is 11.5 Å². The molecule has 0 atom stereocenters. The summed E-state index contributed by atoms with van der Waals surface area (Å²) >= 11 is 18.1. The molecule has 1 amide bonds. The van der Waals surface area contributed by atoms with Crippen molar-refractivity contribution in [1.29, 1.82) is 0 Å². The van der Waals surface area contributed by atoms with Gasteiger partial charge in [0.05, 0.1) is 27.4 Å². The number of benzene rings is 2. The van der Waals surface area contributed by atoms with E-state index in [2.05, 4.69) is 4.90 Å². The van der Waals surface area contributed by atoms with Gasteiger partial charge in [-0.1, -0.05) is 46.9 Å². The SMILES string of the molecule is CCOc1ccccc1N1CCN(C(=O)c2c(O)c(Cl)cc(Cl)c2Cl)CC1. The van der Waals surface area contributed by atoms with E-state index in [1.807, 2.05) is 31.2 Å². The molecule has 1 fully saturated rings. The monoisotopic (exact) mass is 428 g/mol. The van der Waals surface area contributed by atoms with E-state index in [4.69, 9.17) is 39.5 Å². The molecule has 1 heterocycles. The van der Waals surface area contributed by atoms with Crippen LogP contribution in [0.25, 0.3) is 0 Å². The summed E-state index contributed by atoms with van der Waals surface area (Å²) < 4.78 is 5.69. The van der Waals surface area contributed by atoms with Crippen LogP contribution in [-0.2, 0) is 0 Å². The molecule has 0 aromatic heterocycles. The van der Waals surface area contributed by atoms with Crippen molar-refractivity contribution < 1.29 is 14.6 Å². The number of nitrogens with zero attached hydrogens (tertiary/aromatic N) is 2. The van der Waals surface area contributed by atoms with Crippen molar-refractivity contribution in [2.75, 3.05) is 37.7 Å². The second-order valence-electron chi connectivity index (χ2n) is 6.06. The second kappa shape index (κ2) is 8.46. The maximum Gasteiger partial charge on any atom is 0.259 e. The molecule has 5 nitrogen and oxygen atoms in total. The molecule has 8 heteroatoms. The lowest BCUT2D eigenvalue weighted by Crippen LogP contribution is -2.49. The van der Waals surface area contributed by atoms with E-state index < -0.39 is 0 Å². The zero-order valence-electron chi connectivity index (χ0n) is 14.7. The number of hydrogen-bond donors (Lipinski definition) is 1. The fraction of sp³-hybridized carbons (Fsp3) is 0.316. The fourth-order valence-electron chi connectivity index (χ4n) is 3.09. The van der Waals surface area contributed by atoms with Gasteiger partial charge in [-0.2, -0.15) is 0 Å². The Hall–Kier alpha value is -1.82. The lowest BCUT2D eigenvalue weighted by Gasteiger charge is -2.37. The molecule has 1 saturated heterocycles. The minimum Gasteiger partial charge on any atom is -0.505 e. The molecule has 0 unspecified atom stereocenters. The topological polar surface area (TPSA) is 53.0 Å². The van der Waals surface area contributed by atoms with E-state index in [-0.39, 0.29) is 32.3 Å². The van der Waals surface area contributed by atoms with Crippen LogP contribution in [0.2, 0.25) is 15.1 Å². The summed E-state index contributed by atoms with van der Waals surface area (Å²) in [4.78, 5) is 16.7. The summed E-state index contributed by atoms with van der Waals surface area (Å²) in [6.07, 6.45) is 0. The number of halogens is 3. The number of phenols is 1. The van der Waals surface area contributed by atoms with Gasteiger partial charge in [0.1, 0.15) is 17.1 Å². The molecule has 1 aliphatic heterocycles. The number of phenolic OH excluding ortho intramolecular Hbond substituents is 1. The highest BCUT2D eigenvalue weighted by Gasteiger charge is 2.28. The number of para-hydroxylation sites is 2. The van der Waals surface area contributed by atoms with Gasteiger partial charge in [0.2, 0.25) is 0 Å². The van der Waals surface area contributed by atoms with Gasteiger partial charge < -0.3 is 19.6 Å². The van der Waals surface area contributed by atoms with Gasteiger partial charge in [0.25, 0.3) is 5.91 Å². The van der Waals surface area contributed by atoms with Gasteiger partial charge in [0, 0.05) is 26.2 Å². The van der Waals surface area contributed by atoms with Crippen LogP contribution in [0.1, 0.15) is 17.3 Å². The Morgan fingerprint density at radius 1 is 1.11 bits per heavy atom. The van der Waals surface area contributed by atoms with Crippen LogP contribution in [0.15, 0.2) is 30.3 Å². The van der Waals surface area contributed by atoms with E-state index in [0.29, 0.717) is 32.8 Å². The quantitative estimate of drug-likeness (QED) is 0.715. The highest BCUT2D eigenvalue weighted by molar-refractivity contribution is 6.45. The Balaban J connectivity index is 1.76. The third kappa shape index (κ3) is 4.05. The van der Waals surface area contributed by atoms with Crippen molar-refractivity contribution in [2.24, 2.45) is 0 Å². The Bertz CT molecular complexity index is 826. The van der Waals surface area contributed by atoms with E-state index >= 15 is 0 Å². The van der Waals surface area contributed by atoms with Crippen molar-refractivity contribution in [3.63, 3.8) is 0 Å². The van der Waals surface area contributed by atoms with Gasteiger partial charge in [-0.25, -0.2) is 0 Å². The number of amides is 1. The minimum atomic E-state index is -0.389. The molecular formula is C19H19Cl3N2O3. The van der Waals surface area contributed by atoms with Crippen LogP contribution in [-0.4, -0.2) is 48.7 Å². The van der Waals surface area contributed by atoms with Crippen molar-refractivity contribution >= 4 is 46.4 Å². The molecule has 1 aliphatic rings. The molecule has 0 bridgehead atoms. The van der Waals surface area contributed by atoms with E-state index in [1.54, 1.807) is 4.90 Å². The third-order valence-corrected chi connectivity index (χ3v) is 5.51. The van der Waals surface area contributed by atoms with Gasteiger partial charge >= 0.3 is 0 Å². The average molecular weight is 430 g/mol. The molecule has 2 aromatic rings. The first-order valence-electron chi connectivity index (χ1n) is 8.56. The summed E-state index contributed by atoms with van der Waals surface area (Å²) in [5.41, 5.74) is 0.940. The summed E-state index contributed by atoms with van der Waals surface area (Å²) in [5.74, 6) is 0.0851. The average Bonchev–Trinajstić information content (AvgIpc) is 2.67. The van der Waals surface area contributed by atoms with Crippen molar-refractivity contribution in [1.82, 2.24) is 4.90 Å². The molecular weight excluding hydrogens is 411 g/mol. The lowest BCUT2D eigenvalue weighted by atomic mass is 10.1. The number of piperazine rings is 1. The van der Waals surface area contributed by atoms with Gasteiger partial charge in [-0.3, -0.25) is 4.79 Å². The Labute approximate surface area is 173 Å². The van der Waals surface area contributed by atoms with Crippen molar-refractivity contribution in [2.45, 2.75) is 6.92 Å². The first kappa shape index (κ1) is 19.9. The second-order valence-corrected chi connectivity index (χ2v) is 7.25. The summed E-state index contributed by atoms with van der Waals surface area (Å²) in [7, 11) is 0. The summed E-state index contributed by atoms with van der Waals surface area (Å²) in [5, 5.41) is 10.3. The van der Waals surface area contributed by atoms with Gasteiger partial charge in [-0.15, -0.1) is 0 Å². The molecule has 144 valence electrons. The van der Waals surface area contributed by atoms with Crippen LogP contribution in [0.3, 0.4) is 0 Å². The minimum absolute atomic E-state index is 0.00275. The Morgan fingerprint density at radius 3 is 2.44 bits per heavy atom. The Morgan fingerprint density at radius 2 is 1.78 bits per heavy atom. The summed E-state index contributed by atoms with van der Waals surface area (Å²) in [6.45, 7) is 4.73. The fourth-order valence-corrected chi connectivity index (χ4v) is 3.77. The summed E-state index contributed by atoms with van der Waals surface area (Å²) in [6, 6.07) is 9.15. The van der Waals surface area contributed by atoms with Gasteiger partial charge in [0.15, 0.2) is 0 Å². The molecule has 0 saturated carbocycles. The Kier molecular flexibility index (Phi) is 6.25. The highest BCUT2D eigenvalue weighted by Crippen LogP contribution is 2.39. The first-order valence-corrected chi connectivity index (χ1v) is 9.70. The van der Waals surface area contributed by atoms with E-state index in [9.17, 15) is 9.90 Å². The van der Waals surface area contributed by atoms with Gasteiger partial charge in [-0.05, 0) is 25.1 Å². The van der Waals surface area contributed by atoms with E-state index in [1.165, 1.54) is 6.07 Å². The predicted octanol–water partition coefficient (Wildman–Crippen LogP) is 4.71. The van der Waals surface area contributed by atoms with Crippen LogP contribution >= 0.6 is 34.8 Å². The first-order chi connectivity index (χ1) is 12.9. The molecule has 0 spiro atoms. The number of ether oxygens (including phenoxy) is 1. The predicted molar refractivity (Wildman–Crippen MR) is 109 cm³/mol. The largest absolute Gasteiger partial charge is 0.505 e. The van der Waals surface area contributed by atoms with Crippen molar-refractivity contribution in [3.8, 4) is 11.5 Å². The number of hydrogen-bond acceptors (Lipinski definition) is 4.